The molecule has 0 fully saturated rings. The molecule has 6 nitrogen and oxygen atoms in total. The van der Waals surface area contributed by atoms with E-state index < -0.39 is 23.5 Å². The van der Waals surface area contributed by atoms with Crippen molar-refractivity contribution in [3.63, 3.8) is 0 Å². The van der Waals surface area contributed by atoms with Gasteiger partial charge in [0.05, 0.1) is 10.5 Å². The Bertz CT molecular complexity index is 921. The van der Waals surface area contributed by atoms with Crippen LogP contribution >= 0.6 is 11.3 Å². The van der Waals surface area contributed by atoms with Crippen LogP contribution in [0.15, 0.2) is 41.8 Å². The number of aliphatic hydroxyl groups is 1. The number of nitrogens with one attached hydrogen (secondary N) is 2. The maximum Gasteiger partial charge on any atom is 0.268 e. The van der Waals surface area contributed by atoms with E-state index in [-0.39, 0.29) is 5.56 Å². The Kier molecular flexibility index (Phi) is 6.75. The van der Waals surface area contributed by atoms with Crippen molar-refractivity contribution in [2.75, 3.05) is 0 Å². The van der Waals surface area contributed by atoms with Gasteiger partial charge in [-0.15, -0.1) is 11.3 Å². The largest absolute Gasteiger partial charge is 0.388 e. The second kappa shape index (κ2) is 9.02. The summed E-state index contributed by atoms with van der Waals surface area (Å²) in [6, 6.07) is 8.90. The SMILES string of the molecule is CC(C)(O)[C@H](NC(=O)c1ccc(C#CC#Cc2cccs2)cc1)C(=O)NO. The van der Waals surface area contributed by atoms with Crippen LogP contribution in [0.2, 0.25) is 0 Å². The number of hydroxylamine groups is 1. The van der Waals surface area contributed by atoms with E-state index in [1.807, 2.05) is 17.5 Å². The first-order chi connectivity index (χ1) is 12.8. The lowest BCUT2D eigenvalue weighted by molar-refractivity contribution is -0.136. The van der Waals surface area contributed by atoms with Crippen molar-refractivity contribution in [2.24, 2.45) is 0 Å². The van der Waals surface area contributed by atoms with Gasteiger partial charge in [0.15, 0.2) is 0 Å². The van der Waals surface area contributed by atoms with Crippen LogP contribution in [0.25, 0.3) is 0 Å². The normalized spacial score (nSPS) is 11.3. The summed E-state index contributed by atoms with van der Waals surface area (Å²) in [5, 5.41) is 23.1. The van der Waals surface area contributed by atoms with E-state index in [2.05, 4.69) is 29.0 Å². The quantitative estimate of drug-likeness (QED) is 0.366. The van der Waals surface area contributed by atoms with Crippen LogP contribution in [0.5, 0.6) is 0 Å². The van der Waals surface area contributed by atoms with Crippen LogP contribution in [0.3, 0.4) is 0 Å². The molecule has 1 aromatic heterocycles. The molecule has 0 spiro atoms. The highest BCUT2D eigenvalue weighted by molar-refractivity contribution is 7.10. The average molecular weight is 382 g/mol. The minimum Gasteiger partial charge on any atom is -0.388 e. The van der Waals surface area contributed by atoms with E-state index in [4.69, 9.17) is 5.21 Å². The molecular weight excluding hydrogens is 364 g/mol. The predicted molar refractivity (Wildman–Crippen MR) is 102 cm³/mol. The third-order valence-corrected chi connectivity index (χ3v) is 4.26. The smallest absolute Gasteiger partial charge is 0.268 e. The van der Waals surface area contributed by atoms with Crippen molar-refractivity contribution in [3.05, 3.63) is 57.8 Å². The van der Waals surface area contributed by atoms with Gasteiger partial charge in [0.25, 0.3) is 11.8 Å². The van der Waals surface area contributed by atoms with Gasteiger partial charge in [-0.2, -0.15) is 0 Å². The van der Waals surface area contributed by atoms with Crippen molar-refractivity contribution in [2.45, 2.75) is 25.5 Å². The Morgan fingerprint density at radius 2 is 1.78 bits per heavy atom. The van der Waals surface area contributed by atoms with Gasteiger partial charge in [-0.3, -0.25) is 14.8 Å². The molecule has 2 aromatic rings. The second-order valence-electron chi connectivity index (χ2n) is 6.09. The average Bonchev–Trinajstić information content (AvgIpc) is 3.15. The zero-order valence-corrected chi connectivity index (χ0v) is 15.6. The molecule has 0 saturated carbocycles. The first kappa shape index (κ1) is 20.2. The third kappa shape index (κ3) is 5.98. The van der Waals surface area contributed by atoms with Gasteiger partial charge in [0.1, 0.15) is 6.04 Å². The summed E-state index contributed by atoms with van der Waals surface area (Å²) in [4.78, 5) is 24.9. The van der Waals surface area contributed by atoms with E-state index in [9.17, 15) is 14.7 Å². The topological polar surface area (TPSA) is 98.7 Å². The molecule has 1 atom stereocenters. The molecule has 7 heteroatoms. The van der Waals surface area contributed by atoms with Crippen LogP contribution in [0.1, 0.15) is 34.6 Å². The highest BCUT2D eigenvalue weighted by Gasteiger charge is 2.34. The molecule has 0 saturated heterocycles. The molecule has 2 amide bonds. The minimum absolute atomic E-state index is 0.283. The molecule has 0 bridgehead atoms. The van der Waals surface area contributed by atoms with Gasteiger partial charge in [0.2, 0.25) is 0 Å². The first-order valence-corrected chi connectivity index (χ1v) is 8.82. The lowest BCUT2D eigenvalue weighted by Gasteiger charge is -2.28. The number of amides is 2. The summed E-state index contributed by atoms with van der Waals surface area (Å²) in [6.07, 6.45) is 0. The number of thiophene rings is 1. The van der Waals surface area contributed by atoms with Crippen molar-refractivity contribution >= 4 is 23.2 Å². The molecule has 1 aromatic carbocycles. The Morgan fingerprint density at radius 3 is 2.33 bits per heavy atom. The predicted octanol–water partition coefficient (Wildman–Crippen LogP) is 1.53. The number of carbonyl (C=O) groups excluding carboxylic acids is 2. The van der Waals surface area contributed by atoms with E-state index >= 15 is 0 Å². The zero-order chi connectivity index (χ0) is 19.9. The summed E-state index contributed by atoms with van der Waals surface area (Å²) >= 11 is 1.54. The zero-order valence-electron chi connectivity index (χ0n) is 14.7. The maximum atomic E-state index is 12.3. The molecule has 0 aliphatic heterocycles. The third-order valence-electron chi connectivity index (χ3n) is 3.48. The molecule has 27 heavy (non-hydrogen) atoms. The van der Waals surface area contributed by atoms with Gasteiger partial charge in [-0.25, -0.2) is 5.48 Å². The Labute approximate surface area is 161 Å². The fraction of sp³-hybridized carbons (Fsp3) is 0.200. The molecular formula is C20H18N2O4S. The van der Waals surface area contributed by atoms with Crippen LogP contribution < -0.4 is 10.8 Å². The van der Waals surface area contributed by atoms with Crippen LogP contribution in [-0.4, -0.2) is 33.8 Å². The van der Waals surface area contributed by atoms with Crippen LogP contribution in [0.4, 0.5) is 0 Å². The fourth-order valence-electron chi connectivity index (χ4n) is 2.09. The van der Waals surface area contributed by atoms with Gasteiger partial charge < -0.3 is 10.4 Å². The molecule has 1 heterocycles. The van der Waals surface area contributed by atoms with Crippen molar-refractivity contribution in [1.82, 2.24) is 10.8 Å². The molecule has 0 radical (unpaired) electrons. The summed E-state index contributed by atoms with van der Waals surface area (Å²) in [7, 11) is 0. The van der Waals surface area contributed by atoms with E-state index in [0.29, 0.717) is 5.56 Å². The lowest BCUT2D eigenvalue weighted by Crippen LogP contribution is -2.57. The van der Waals surface area contributed by atoms with Crippen LogP contribution in [-0.2, 0) is 4.79 Å². The molecule has 0 aliphatic rings. The number of hydrogen-bond acceptors (Lipinski definition) is 5. The number of carbonyl (C=O) groups is 2. The number of hydrogen-bond donors (Lipinski definition) is 4. The number of benzene rings is 1. The highest BCUT2D eigenvalue weighted by atomic mass is 32.1. The van der Waals surface area contributed by atoms with Gasteiger partial charge >= 0.3 is 0 Å². The van der Waals surface area contributed by atoms with Crippen molar-refractivity contribution in [1.29, 1.82) is 0 Å². The molecule has 138 valence electrons. The van der Waals surface area contributed by atoms with Crippen molar-refractivity contribution in [3.8, 4) is 23.7 Å². The molecule has 4 N–H and O–H groups in total. The standard InChI is InChI=1S/C20H18N2O4S/c1-20(2,25)17(19(24)22-26)21-18(23)15-11-9-14(10-12-15)6-3-4-7-16-8-5-13-27-16/h5,8-13,17,25-26H,1-2H3,(H,21,23)(H,22,24)/t17-/m1/s1. The summed E-state index contributed by atoms with van der Waals surface area (Å²) in [5.41, 5.74) is 0.834. The highest BCUT2D eigenvalue weighted by Crippen LogP contribution is 2.11. The van der Waals surface area contributed by atoms with Gasteiger partial charge in [0, 0.05) is 11.1 Å². The van der Waals surface area contributed by atoms with Gasteiger partial charge in [-0.05, 0) is 67.3 Å². The Morgan fingerprint density at radius 1 is 1.11 bits per heavy atom. The van der Waals surface area contributed by atoms with E-state index in [0.717, 1.165) is 4.88 Å². The summed E-state index contributed by atoms with van der Waals surface area (Å²) in [5.74, 6) is 9.83. The molecule has 2 rings (SSSR count). The fourth-order valence-corrected chi connectivity index (χ4v) is 2.66. The Balaban J connectivity index is 2.06. The summed E-state index contributed by atoms with van der Waals surface area (Å²) < 4.78 is 0. The van der Waals surface area contributed by atoms with E-state index in [1.54, 1.807) is 24.3 Å². The van der Waals surface area contributed by atoms with Crippen molar-refractivity contribution < 1.29 is 19.9 Å². The maximum absolute atomic E-state index is 12.3. The lowest BCUT2D eigenvalue weighted by atomic mass is 9.97. The molecule has 0 aliphatic carbocycles. The summed E-state index contributed by atoms with van der Waals surface area (Å²) in [6.45, 7) is 2.70. The minimum atomic E-state index is -1.56. The first-order valence-electron chi connectivity index (χ1n) is 7.94. The monoisotopic (exact) mass is 382 g/mol. The Hall–Kier alpha value is -3.10. The second-order valence-corrected chi connectivity index (χ2v) is 7.04. The number of rotatable bonds is 4. The van der Waals surface area contributed by atoms with Gasteiger partial charge in [-0.1, -0.05) is 12.0 Å². The van der Waals surface area contributed by atoms with Crippen LogP contribution in [0, 0.1) is 23.7 Å². The van der Waals surface area contributed by atoms with E-state index in [1.165, 1.54) is 30.7 Å². The molecule has 0 unspecified atom stereocenters.